The van der Waals surface area contributed by atoms with Gasteiger partial charge in [-0.3, -0.25) is 4.79 Å². The number of nitrogens with zero attached hydrogens (tertiary/aromatic N) is 1. The number of rotatable bonds is 11. The average molecular weight is 393 g/mol. The van der Waals surface area contributed by atoms with Gasteiger partial charge in [0, 0.05) is 13.1 Å². The zero-order valence-corrected chi connectivity index (χ0v) is 16.2. The maximum atomic E-state index is 12.8. The van der Waals surface area contributed by atoms with Crippen LogP contribution in [0.1, 0.15) is 35.1 Å². The molecule has 2 N–H and O–H groups in total. The van der Waals surface area contributed by atoms with Gasteiger partial charge < -0.3 is 24.8 Å². The lowest BCUT2D eigenvalue weighted by Crippen LogP contribution is -2.49. The molecule has 26 heavy (non-hydrogen) atoms. The van der Waals surface area contributed by atoms with E-state index in [2.05, 4.69) is 5.32 Å². The molecule has 9 heteroatoms. The van der Waals surface area contributed by atoms with Gasteiger partial charge in [0.25, 0.3) is 5.91 Å². The van der Waals surface area contributed by atoms with Crippen molar-refractivity contribution in [1.29, 1.82) is 0 Å². The molecule has 0 heterocycles. The zero-order chi connectivity index (χ0) is 19.4. The van der Waals surface area contributed by atoms with E-state index in [-0.39, 0.29) is 20.1 Å². The average Bonchev–Trinajstić information content (AvgIpc) is 2.56. The molecule has 0 rings (SSSR count). The first kappa shape index (κ1) is 26.5. The number of hydrogen-bond acceptors (Lipinski definition) is 6. The van der Waals surface area contributed by atoms with Gasteiger partial charge in [0.1, 0.15) is 6.73 Å². The van der Waals surface area contributed by atoms with E-state index in [0.717, 1.165) is 11.8 Å². The van der Waals surface area contributed by atoms with Crippen molar-refractivity contribution in [3.63, 3.8) is 0 Å². The largest absolute Gasteiger partial charge is 0.478 e. The zero-order valence-electron chi connectivity index (χ0n) is 15.4. The molecule has 2 unspecified atom stereocenters. The maximum Gasteiger partial charge on any atom is 0.407 e. The van der Waals surface area contributed by atoms with Gasteiger partial charge in [-0.05, 0) is 18.6 Å². The lowest BCUT2D eigenvalue weighted by atomic mass is 10.1. The molecule has 0 aromatic carbocycles. The summed E-state index contributed by atoms with van der Waals surface area (Å²) in [5, 5.41) is 11.1. The second kappa shape index (κ2) is 14.4. The van der Waals surface area contributed by atoms with Crippen LogP contribution in [0.25, 0.3) is 0 Å². The van der Waals surface area contributed by atoms with Crippen LogP contribution in [0.3, 0.4) is 0 Å². The molecule has 152 valence electrons. The fourth-order valence-corrected chi connectivity index (χ4v) is 2.15. The Bertz CT molecular complexity index is 470. The maximum absolute atomic E-state index is 12.8. The number of alkyl carbamates (subject to hydrolysis) is 1. The van der Waals surface area contributed by atoms with Crippen LogP contribution in [0.15, 0.2) is 12.2 Å². The third-order valence-electron chi connectivity index (χ3n) is 3.18. The van der Waals surface area contributed by atoms with Crippen molar-refractivity contribution >= 4 is 29.7 Å². The van der Waals surface area contributed by atoms with Gasteiger partial charge in [0.05, 0.1) is 12.0 Å². The van der Waals surface area contributed by atoms with Crippen LogP contribution in [0.2, 0.25) is 0 Å². The van der Waals surface area contributed by atoms with Crippen molar-refractivity contribution < 1.29 is 29.0 Å². The number of carbonyl (C=O) groups is 3. The highest BCUT2D eigenvalue weighted by molar-refractivity contribution is 7.99. The lowest BCUT2D eigenvalue weighted by Gasteiger charge is -2.31. The van der Waals surface area contributed by atoms with E-state index in [9.17, 15) is 14.4 Å². The summed E-state index contributed by atoms with van der Waals surface area (Å²) in [5.41, 5.74) is 0. The minimum atomic E-state index is -1.11. The van der Waals surface area contributed by atoms with E-state index in [1.165, 1.54) is 18.0 Å². The van der Waals surface area contributed by atoms with E-state index < -0.39 is 30.1 Å². The summed E-state index contributed by atoms with van der Waals surface area (Å²) in [6.07, 6.45) is 0.648. The van der Waals surface area contributed by atoms with Gasteiger partial charge in [0.2, 0.25) is 0 Å². The Morgan fingerprint density at radius 1 is 1.27 bits per heavy atom. The number of ether oxygens (including phenoxy) is 2. The van der Waals surface area contributed by atoms with Gasteiger partial charge in [-0.25, -0.2) is 9.59 Å². The van der Waals surface area contributed by atoms with Crippen LogP contribution in [0.4, 0.5) is 4.79 Å². The standard InChI is InChI=1S/C16H28N2O6S.CH4/c1-6-25-10-23-9-18(12(4)7-8-13(19)20)15(21)14(11(2)3)24-16(22)17-5;/h7-8,11-12,14H,6,9-10H2,1-5H3,(H,17,22)(H,19,20);1H4/b8-7+;. The molecule has 0 spiro atoms. The molecule has 8 nitrogen and oxygen atoms in total. The van der Waals surface area contributed by atoms with Gasteiger partial charge in [-0.15, -0.1) is 11.8 Å². The summed E-state index contributed by atoms with van der Waals surface area (Å²) in [5.74, 6) is -0.533. The number of carboxylic acid groups (broad SMARTS) is 1. The van der Waals surface area contributed by atoms with E-state index >= 15 is 0 Å². The van der Waals surface area contributed by atoms with Gasteiger partial charge in [-0.2, -0.15) is 0 Å². The summed E-state index contributed by atoms with van der Waals surface area (Å²) in [7, 11) is 1.41. The predicted octanol–water partition coefficient (Wildman–Crippen LogP) is 2.55. The van der Waals surface area contributed by atoms with E-state index in [0.29, 0.717) is 5.94 Å². The van der Waals surface area contributed by atoms with Crippen LogP contribution >= 0.6 is 11.8 Å². The minimum Gasteiger partial charge on any atom is -0.478 e. The Balaban J connectivity index is 0. The summed E-state index contributed by atoms with van der Waals surface area (Å²) in [4.78, 5) is 36.4. The van der Waals surface area contributed by atoms with Gasteiger partial charge in [-0.1, -0.05) is 34.3 Å². The topological polar surface area (TPSA) is 105 Å². The highest BCUT2D eigenvalue weighted by Gasteiger charge is 2.32. The van der Waals surface area contributed by atoms with Crippen LogP contribution in [-0.2, 0) is 19.1 Å². The number of nitrogens with one attached hydrogen (secondary N) is 1. The normalized spacial score (nSPS) is 13.0. The Hall–Kier alpha value is -1.74. The first-order valence-corrected chi connectivity index (χ1v) is 9.15. The summed E-state index contributed by atoms with van der Waals surface area (Å²) in [6.45, 7) is 7.15. The summed E-state index contributed by atoms with van der Waals surface area (Å²) < 4.78 is 10.6. The fraction of sp³-hybridized carbons (Fsp3) is 0.706. The molecule has 0 aliphatic heterocycles. The van der Waals surface area contributed by atoms with Crippen molar-refractivity contribution in [2.24, 2.45) is 5.92 Å². The number of aliphatic carboxylic acids is 1. The molecule has 2 atom stereocenters. The Kier molecular flexibility index (Phi) is 14.7. The molecule has 0 aliphatic carbocycles. The minimum absolute atomic E-state index is 0. The Morgan fingerprint density at radius 2 is 1.88 bits per heavy atom. The monoisotopic (exact) mass is 392 g/mol. The van der Waals surface area contributed by atoms with E-state index in [1.807, 2.05) is 6.92 Å². The molecular formula is C17H32N2O6S. The van der Waals surface area contributed by atoms with Gasteiger partial charge >= 0.3 is 12.1 Å². The number of carbonyl (C=O) groups excluding carboxylic acids is 2. The smallest absolute Gasteiger partial charge is 0.407 e. The van der Waals surface area contributed by atoms with Crippen LogP contribution < -0.4 is 5.32 Å². The molecular weight excluding hydrogens is 360 g/mol. The second-order valence-electron chi connectivity index (χ2n) is 5.51. The SMILES string of the molecule is C.CCSCOCN(C(=O)C(OC(=O)NC)C(C)C)C(C)/C=C/C(=O)O. The van der Waals surface area contributed by atoms with Crippen molar-refractivity contribution in [2.75, 3.05) is 25.5 Å². The highest BCUT2D eigenvalue weighted by Crippen LogP contribution is 2.15. The number of amides is 2. The summed E-state index contributed by atoms with van der Waals surface area (Å²) in [6, 6.07) is -0.537. The van der Waals surface area contributed by atoms with Crippen molar-refractivity contribution in [1.82, 2.24) is 10.2 Å². The molecule has 2 amide bonds. The second-order valence-corrected chi connectivity index (χ2v) is 6.73. The molecule has 0 aliphatic rings. The van der Waals surface area contributed by atoms with E-state index in [4.69, 9.17) is 14.6 Å². The van der Waals surface area contributed by atoms with Crippen molar-refractivity contribution in [3.05, 3.63) is 12.2 Å². The number of hydrogen-bond donors (Lipinski definition) is 2. The number of carboxylic acids is 1. The lowest BCUT2D eigenvalue weighted by molar-refractivity contribution is -0.149. The molecule has 0 aromatic rings. The Labute approximate surface area is 160 Å². The number of thioether (sulfide) groups is 1. The molecule has 0 fully saturated rings. The predicted molar refractivity (Wildman–Crippen MR) is 103 cm³/mol. The third-order valence-corrected chi connectivity index (χ3v) is 3.92. The van der Waals surface area contributed by atoms with E-state index in [1.54, 1.807) is 32.5 Å². The molecule has 0 bridgehead atoms. The highest BCUT2D eigenvalue weighted by atomic mass is 32.2. The van der Waals surface area contributed by atoms with Crippen LogP contribution in [0.5, 0.6) is 0 Å². The molecule has 0 radical (unpaired) electrons. The first-order valence-electron chi connectivity index (χ1n) is 8.00. The summed E-state index contributed by atoms with van der Waals surface area (Å²) >= 11 is 1.55. The molecule has 0 saturated heterocycles. The van der Waals surface area contributed by atoms with Crippen LogP contribution in [-0.4, -0.2) is 65.6 Å². The first-order chi connectivity index (χ1) is 11.7. The van der Waals surface area contributed by atoms with Crippen LogP contribution in [0, 0.1) is 5.92 Å². The van der Waals surface area contributed by atoms with Crippen molar-refractivity contribution in [2.45, 2.75) is 47.3 Å². The molecule has 0 aromatic heterocycles. The molecule has 0 saturated carbocycles. The fourth-order valence-electron chi connectivity index (χ4n) is 1.79. The Morgan fingerprint density at radius 3 is 2.35 bits per heavy atom. The quantitative estimate of drug-likeness (QED) is 0.316. The third kappa shape index (κ3) is 10.3. The van der Waals surface area contributed by atoms with Gasteiger partial charge in [0.15, 0.2) is 6.10 Å². The van der Waals surface area contributed by atoms with Crippen molar-refractivity contribution in [3.8, 4) is 0 Å².